The molecular formula is C14H23NO. The van der Waals surface area contributed by atoms with Gasteiger partial charge in [-0.1, -0.05) is 24.6 Å². The molecule has 1 unspecified atom stereocenters. The molecule has 16 heavy (non-hydrogen) atoms. The monoisotopic (exact) mass is 221 g/mol. The third kappa shape index (κ3) is 3.24. The third-order valence-electron chi connectivity index (χ3n) is 3.06. The van der Waals surface area contributed by atoms with Crippen LogP contribution in [0.1, 0.15) is 36.8 Å². The first kappa shape index (κ1) is 13.0. The maximum Gasteiger partial charge on any atom is 0.122 e. The topological polar surface area (TPSA) is 21.3 Å². The van der Waals surface area contributed by atoms with Gasteiger partial charge >= 0.3 is 0 Å². The van der Waals surface area contributed by atoms with Crippen molar-refractivity contribution in [1.82, 2.24) is 5.32 Å². The van der Waals surface area contributed by atoms with Crippen molar-refractivity contribution in [3.8, 4) is 5.75 Å². The Hall–Kier alpha value is -1.02. The van der Waals surface area contributed by atoms with E-state index in [2.05, 4.69) is 37.4 Å². The van der Waals surface area contributed by atoms with Crippen molar-refractivity contribution < 1.29 is 4.74 Å². The van der Waals surface area contributed by atoms with Crippen LogP contribution in [-0.2, 0) is 0 Å². The molecule has 0 fully saturated rings. The second kappa shape index (κ2) is 6.54. The fourth-order valence-electron chi connectivity index (χ4n) is 2.07. The van der Waals surface area contributed by atoms with Crippen molar-refractivity contribution in [2.75, 3.05) is 20.7 Å². The summed E-state index contributed by atoms with van der Waals surface area (Å²) >= 11 is 0. The minimum Gasteiger partial charge on any atom is -0.496 e. The van der Waals surface area contributed by atoms with E-state index in [0.717, 1.165) is 25.1 Å². The first-order valence-corrected chi connectivity index (χ1v) is 6.02. The lowest BCUT2D eigenvalue weighted by atomic mass is 9.91. The van der Waals surface area contributed by atoms with Crippen LogP contribution < -0.4 is 10.1 Å². The molecule has 0 aliphatic carbocycles. The van der Waals surface area contributed by atoms with Crippen molar-refractivity contribution in [3.05, 3.63) is 29.3 Å². The molecule has 1 aromatic rings. The summed E-state index contributed by atoms with van der Waals surface area (Å²) in [6.07, 6.45) is 2.31. The molecular weight excluding hydrogens is 198 g/mol. The summed E-state index contributed by atoms with van der Waals surface area (Å²) in [5, 5.41) is 3.21. The number of rotatable bonds is 6. The summed E-state index contributed by atoms with van der Waals surface area (Å²) in [6, 6.07) is 6.43. The predicted octanol–water partition coefficient (Wildman–Crippen LogP) is 3.11. The fraction of sp³-hybridized carbons (Fsp3) is 0.571. The molecule has 0 aliphatic heterocycles. The highest BCUT2D eigenvalue weighted by Crippen LogP contribution is 2.31. The van der Waals surface area contributed by atoms with E-state index in [0.29, 0.717) is 5.92 Å². The molecule has 0 saturated heterocycles. The number of nitrogens with one attached hydrogen (secondary N) is 1. The minimum absolute atomic E-state index is 0.585. The standard InChI is InChI=1S/C14H23NO/c1-5-12(8-9-15-3)13-10-11(2)6-7-14(13)16-4/h6-7,10,12,15H,5,8-9H2,1-4H3. The number of ether oxygens (including phenoxy) is 1. The van der Waals surface area contributed by atoms with Gasteiger partial charge in [-0.25, -0.2) is 0 Å². The summed E-state index contributed by atoms with van der Waals surface area (Å²) in [5.41, 5.74) is 2.65. The van der Waals surface area contributed by atoms with E-state index in [4.69, 9.17) is 4.74 Å². The van der Waals surface area contributed by atoms with Gasteiger partial charge in [0.25, 0.3) is 0 Å². The molecule has 0 amide bonds. The van der Waals surface area contributed by atoms with Crippen LogP contribution in [0.15, 0.2) is 18.2 Å². The highest BCUT2D eigenvalue weighted by molar-refractivity contribution is 5.39. The zero-order valence-electron chi connectivity index (χ0n) is 10.8. The zero-order valence-corrected chi connectivity index (χ0v) is 10.8. The smallest absolute Gasteiger partial charge is 0.122 e. The Morgan fingerprint density at radius 2 is 2.12 bits per heavy atom. The van der Waals surface area contributed by atoms with Crippen LogP contribution in [0.3, 0.4) is 0 Å². The first-order chi connectivity index (χ1) is 7.72. The van der Waals surface area contributed by atoms with Crippen LogP contribution in [0, 0.1) is 6.92 Å². The Balaban J connectivity index is 2.92. The van der Waals surface area contributed by atoms with E-state index in [1.165, 1.54) is 11.1 Å². The Bertz CT molecular complexity index is 323. The molecule has 2 heteroatoms. The molecule has 90 valence electrons. The van der Waals surface area contributed by atoms with Crippen LogP contribution in [0.2, 0.25) is 0 Å². The number of methoxy groups -OCH3 is 1. The molecule has 0 aromatic heterocycles. The van der Waals surface area contributed by atoms with Gasteiger partial charge in [0.15, 0.2) is 0 Å². The summed E-state index contributed by atoms with van der Waals surface area (Å²) in [4.78, 5) is 0. The highest BCUT2D eigenvalue weighted by Gasteiger charge is 2.13. The van der Waals surface area contributed by atoms with Crippen molar-refractivity contribution >= 4 is 0 Å². The van der Waals surface area contributed by atoms with E-state index < -0.39 is 0 Å². The molecule has 0 aliphatic rings. The molecule has 0 spiro atoms. The molecule has 0 heterocycles. The number of hydrogen-bond acceptors (Lipinski definition) is 2. The van der Waals surface area contributed by atoms with E-state index in [-0.39, 0.29) is 0 Å². The van der Waals surface area contributed by atoms with Gasteiger partial charge in [0.1, 0.15) is 5.75 Å². The second-order valence-electron chi connectivity index (χ2n) is 4.24. The lowest BCUT2D eigenvalue weighted by Crippen LogP contribution is -2.12. The summed E-state index contributed by atoms with van der Waals surface area (Å²) < 4.78 is 5.44. The van der Waals surface area contributed by atoms with Crippen LogP contribution in [0.4, 0.5) is 0 Å². The van der Waals surface area contributed by atoms with Gasteiger partial charge in [-0.2, -0.15) is 0 Å². The maximum absolute atomic E-state index is 5.44. The molecule has 0 bridgehead atoms. The quantitative estimate of drug-likeness (QED) is 0.797. The van der Waals surface area contributed by atoms with Crippen LogP contribution in [0.25, 0.3) is 0 Å². The van der Waals surface area contributed by atoms with Gasteiger partial charge < -0.3 is 10.1 Å². The minimum atomic E-state index is 0.585. The SMILES string of the molecule is CCC(CCNC)c1cc(C)ccc1OC. The van der Waals surface area contributed by atoms with Crippen molar-refractivity contribution in [1.29, 1.82) is 0 Å². The van der Waals surface area contributed by atoms with Gasteiger partial charge in [0.05, 0.1) is 7.11 Å². The zero-order chi connectivity index (χ0) is 12.0. The number of hydrogen-bond donors (Lipinski definition) is 1. The second-order valence-corrected chi connectivity index (χ2v) is 4.24. The molecule has 1 aromatic carbocycles. The van der Waals surface area contributed by atoms with Crippen molar-refractivity contribution in [2.45, 2.75) is 32.6 Å². The molecule has 0 radical (unpaired) electrons. The Morgan fingerprint density at radius 1 is 1.38 bits per heavy atom. The Labute approximate surface area is 99.0 Å². The lowest BCUT2D eigenvalue weighted by molar-refractivity contribution is 0.402. The van der Waals surface area contributed by atoms with Gasteiger partial charge in [-0.05, 0) is 50.9 Å². The van der Waals surface area contributed by atoms with Crippen LogP contribution in [-0.4, -0.2) is 20.7 Å². The van der Waals surface area contributed by atoms with Gasteiger partial charge in [0, 0.05) is 0 Å². The molecule has 2 nitrogen and oxygen atoms in total. The normalized spacial score (nSPS) is 12.5. The average molecular weight is 221 g/mol. The van der Waals surface area contributed by atoms with Gasteiger partial charge in [-0.3, -0.25) is 0 Å². The Kier molecular flexibility index (Phi) is 5.33. The highest BCUT2D eigenvalue weighted by atomic mass is 16.5. The average Bonchev–Trinajstić information content (AvgIpc) is 2.30. The summed E-state index contributed by atoms with van der Waals surface area (Å²) in [7, 11) is 3.75. The predicted molar refractivity (Wildman–Crippen MR) is 69.3 cm³/mol. The summed E-state index contributed by atoms with van der Waals surface area (Å²) in [6.45, 7) is 5.42. The van der Waals surface area contributed by atoms with E-state index in [1.807, 2.05) is 7.05 Å². The van der Waals surface area contributed by atoms with Crippen molar-refractivity contribution in [3.63, 3.8) is 0 Å². The Morgan fingerprint density at radius 3 is 2.69 bits per heavy atom. The lowest BCUT2D eigenvalue weighted by Gasteiger charge is -2.18. The van der Waals surface area contributed by atoms with E-state index in [1.54, 1.807) is 7.11 Å². The molecule has 0 saturated carbocycles. The van der Waals surface area contributed by atoms with Crippen molar-refractivity contribution in [2.24, 2.45) is 0 Å². The fourth-order valence-corrected chi connectivity index (χ4v) is 2.07. The largest absolute Gasteiger partial charge is 0.496 e. The van der Waals surface area contributed by atoms with Gasteiger partial charge in [-0.15, -0.1) is 0 Å². The van der Waals surface area contributed by atoms with E-state index >= 15 is 0 Å². The van der Waals surface area contributed by atoms with E-state index in [9.17, 15) is 0 Å². The molecule has 1 N–H and O–H groups in total. The molecule has 1 atom stereocenters. The molecule has 1 rings (SSSR count). The number of benzene rings is 1. The van der Waals surface area contributed by atoms with Gasteiger partial charge in [0.2, 0.25) is 0 Å². The summed E-state index contributed by atoms with van der Waals surface area (Å²) in [5.74, 6) is 1.61. The first-order valence-electron chi connectivity index (χ1n) is 6.02. The third-order valence-corrected chi connectivity index (χ3v) is 3.06. The van der Waals surface area contributed by atoms with Crippen LogP contribution >= 0.6 is 0 Å². The maximum atomic E-state index is 5.44. The van der Waals surface area contributed by atoms with Crippen LogP contribution in [0.5, 0.6) is 5.75 Å². The number of aryl methyl sites for hydroxylation is 1.